The summed E-state index contributed by atoms with van der Waals surface area (Å²) in [4.78, 5) is 2.58. The van der Waals surface area contributed by atoms with Gasteiger partial charge in [-0.2, -0.15) is 5.10 Å². The van der Waals surface area contributed by atoms with Gasteiger partial charge >= 0.3 is 0 Å². The third-order valence-electron chi connectivity index (χ3n) is 5.91. The molecular formula is C26H24ClN3. The van der Waals surface area contributed by atoms with Crippen molar-refractivity contribution in [2.75, 3.05) is 26.2 Å². The molecule has 0 bridgehead atoms. The molecule has 0 radical (unpaired) electrons. The number of piperazine rings is 1. The maximum absolute atomic E-state index is 6.35. The van der Waals surface area contributed by atoms with E-state index >= 15 is 0 Å². The van der Waals surface area contributed by atoms with Crippen LogP contribution in [0.1, 0.15) is 22.7 Å². The summed E-state index contributed by atoms with van der Waals surface area (Å²) >= 11 is 6.35. The van der Waals surface area contributed by atoms with E-state index in [9.17, 15) is 0 Å². The Morgan fingerprint density at radius 2 is 1.33 bits per heavy atom. The van der Waals surface area contributed by atoms with Crippen molar-refractivity contribution in [1.82, 2.24) is 9.91 Å². The summed E-state index contributed by atoms with van der Waals surface area (Å²) in [6.07, 6.45) is 3.69. The molecular weight excluding hydrogens is 390 g/mol. The fourth-order valence-corrected chi connectivity index (χ4v) is 4.66. The monoisotopic (exact) mass is 413 g/mol. The van der Waals surface area contributed by atoms with E-state index in [2.05, 4.69) is 63.5 Å². The van der Waals surface area contributed by atoms with Crippen molar-refractivity contribution in [1.29, 1.82) is 0 Å². The number of hydrogen-bond acceptors (Lipinski definition) is 3. The van der Waals surface area contributed by atoms with Crippen molar-refractivity contribution in [3.8, 4) is 11.1 Å². The highest BCUT2D eigenvalue weighted by atomic mass is 35.5. The highest BCUT2D eigenvalue weighted by Crippen LogP contribution is 2.46. The molecule has 30 heavy (non-hydrogen) atoms. The zero-order valence-electron chi connectivity index (χ0n) is 16.8. The Bertz CT molecular complexity index is 1040. The topological polar surface area (TPSA) is 18.8 Å². The predicted molar refractivity (Wildman–Crippen MR) is 126 cm³/mol. The standard InChI is InChI=1S/C26H24ClN3/c27-21(18-20-8-2-1-3-9-20)19-28-30-16-14-29(15-17-30)26-24-12-6-4-10-22(24)23-11-5-7-13-25(23)26/h1-13,18-19,26H,14-17H2/b21-18-,28-19+. The first kappa shape index (κ1) is 19.1. The third-order valence-corrected chi connectivity index (χ3v) is 6.11. The number of nitrogens with zero attached hydrogens (tertiary/aromatic N) is 3. The van der Waals surface area contributed by atoms with Crippen LogP contribution in [0.25, 0.3) is 17.2 Å². The molecule has 2 aliphatic rings. The number of hydrazone groups is 1. The summed E-state index contributed by atoms with van der Waals surface area (Å²) in [7, 11) is 0. The van der Waals surface area contributed by atoms with Gasteiger partial charge in [-0.25, -0.2) is 0 Å². The smallest absolute Gasteiger partial charge is 0.0657 e. The van der Waals surface area contributed by atoms with Crippen LogP contribution in [0.2, 0.25) is 0 Å². The minimum Gasteiger partial charge on any atom is -0.294 e. The number of allylic oxidation sites excluding steroid dienone is 1. The molecule has 150 valence electrons. The van der Waals surface area contributed by atoms with Crippen molar-refractivity contribution in [2.45, 2.75) is 6.04 Å². The lowest BCUT2D eigenvalue weighted by Crippen LogP contribution is -2.45. The molecule has 0 N–H and O–H groups in total. The summed E-state index contributed by atoms with van der Waals surface area (Å²) < 4.78 is 0. The lowest BCUT2D eigenvalue weighted by atomic mass is 10.0. The second-order valence-electron chi connectivity index (χ2n) is 7.75. The van der Waals surface area contributed by atoms with Gasteiger partial charge in [0.1, 0.15) is 0 Å². The van der Waals surface area contributed by atoms with Crippen LogP contribution in [-0.2, 0) is 0 Å². The van der Waals surface area contributed by atoms with Gasteiger partial charge in [-0.15, -0.1) is 0 Å². The molecule has 1 aliphatic carbocycles. The molecule has 0 atom stereocenters. The summed E-state index contributed by atoms with van der Waals surface area (Å²) in [6.45, 7) is 3.75. The van der Waals surface area contributed by atoms with E-state index in [0.29, 0.717) is 11.1 Å². The van der Waals surface area contributed by atoms with Gasteiger partial charge in [0.25, 0.3) is 0 Å². The fourth-order valence-electron chi connectivity index (χ4n) is 4.49. The lowest BCUT2D eigenvalue weighted by Gasteiger charge is -2.37. The minimum atomic E-state index is 0.338. The van der Waals surface area contributed by atoms with Crippen molar-refractivity contribution < 1.29 is 0 Å². The second-order valence-corrected chi connectivity index (χ2v) is 8.19. The number of halogens is 1. The van der Waals surface area contributed by atoms with E-state index in [1.807, 2.05) is 36.4 Å². The maximum Gasteiger partial charge on any atom is 0.0657 e. The average Bonchev–Trinajstić information content (AvgIpc) is 3.13. The quantitative estimate of drug-likeness (QED) is 0.515. The SMILES string of the molecule is ClC(=C\c1ccccc1)/C=N/N1CCN(C2c3ccccc3-c3ccccc32)CC1. The summed E-state index contributed by atoms with van der Waals surface area (Å²) in [6, 6.07) is 28.0. The van der Waals surface area contributed by atoms with Gasteiger partial charge in [-0.05, 0) is 33.9 Å². The van der Waals surface area contributed by atoms with Crippen LogP contribution in [0.5, 0.6) is 0 Å². The third kappa shape index (κ3) is 3.79. The van der Waals surface area contributed by atoms with E-state index in [1.54, 1.807) is 6.21 Å². The largest absolute Gasteiger partial charge is 0.294 e. The molecule has 0 aromatic heterocycles. The van der Waals surface area contributed by atoms with Crippen molar-refractivity contribution in [3.63, 3.8) is 0 Å². The molecule has 3 nitrogen and oxygen atoms in total. The Morgan fingerprint density at radius 1 is 0.767 bits per heavy atom. The molecule has 1 saturated heterocycles. The summed E-state index contributed by atoms with van der Waals surface area (Å²) in [5.41, 5.74) is 6.67. The van der Waals surface area contributed by atoms with Crippen LogP contribution in [0.4, 0.5) is 0 Å². The lowest BCUT2D eigenvalue weighted by molar-refractivity contribution is 0.114. The van der Waals surface area contributed by atoms with Crippen LogP contribution in [0, 0.1) is 0 Å². The first-order valence-corrected chi connectivity index (χ1v) is 10.8. The van der Waals surface area contributed by atoms with Crippen LogP contribution in [-0.4, -0.2) is 42.3 Å². The Hall–Kier alpha value is -2.88. The molecule has 1 aliphatic heterocycles. The van der Waals surface area contributed by atoms with Gasteiger partial charge in [0.15, 0.2) is 0 Å². The second kappa shape index (κ2) is 8.47. The normalized spacial score (nSPS) is 17.4. The molecule has 0 amide bonds. The van der Waals surface area contributed by atoms with Gasteiger partial charge in [0.05, 0.1) is 17.3 Å². The van der Waals surface area contributed by atoms with Gasteiger partial charge in [0, 0.05) is 26.2 Å². The van der Waals surface area contributed by atoms with Crippen molar-refractivity contribution in [2.24, 2.45) is 5.10 Å². The number of rotatable bonds is 4. The highest BCUT2D eigenvalue weighted by Gasteiger charge is 2.33. The van der Waals surface area contributed by atoms with Crippen molar-refractivity contribution in [3.05, 3.63) is 101 Å². The number of hydrogen-bond donors (Lipinski definition) is 0. The fraction of sp³-hybridized carbons (Fsp3) is 0.192. The van der Waals surface area contributed by atoms with Crippen molar-refractivity contribution >= 4 is 23.9 Å². The van der Waals surface area contributed by atoms with Crippen LogP contribution >= 0.6 is 11.6 Å². The zero-order valence-corrected chi connectivity index (χ0v) is 17.5. The van der Waals surface area contributed by atoms with Gasteiger partial charge < -0.3 is 0 Å². The Balaban J connectivity index is 1.27. The van der Waals surface area contributed by atoms with E-state index in [1.165, 1.54) is 22.3 Å². The van der Waals surface area contributed by atoms with Crippen LogP contribution in [0.15, 0.2) is 89.0 Å². The minimum absolute atomic E-state index is 0.338. The molecule has 4 heteroatoms. The highest BCUT2D eigenvalue weighted by molar-refractivity contribution is 6.41. The predicted octanol–water partition coefficient (Wildman–Crippen LogP) is 5.64. The molecule has 1 heterocycles. The Labute approximate surface area is 182 Å². The first-order chi connectivity index (χ1) is 14.8. The summed E-state index contributed by atoms with van der Waals surface area (Å²) in [5.74, 6) is 0. The summed E-state index contributed by atoms with van der Waals surface area (Å²) in [5, 5.41) is 7.37. The van der Waals surface area contributed by atoms with E-state index in [-0.39, 0.29) is 0 Å². The molecule has 0 unspecified atom stereocenters. The zero-order chi connectivity index (χ0) is 20.3. The van der Waals surface area contributed by atoms with Gasteiger partial charge in [0.2, 0.25) is 0 Å². The van der Waals surface area contributed by atoms with E-state index < -0.39 is 0 Å². The number of fused-ring (bicyclic) bond motifs is 3. The molecule has 5 rings (SSSR count). The van der Waals surface area contributed by atoms with E-state index in [0.717, 1.165) is 31.7 Å². The van der Waals surface area contributed by atoms with Gasteiger partial charge in [-0.3, -0.25) is 9.91 Å². The molecule has 3 aromatic rings. The molecule has 0 saturated carbocycles. The molecule has 3 aromatic carbocycles. The average molecular weight is 414 g/mol. The number of benzene rings is 3. The van der Waals surface area contributed by atoms with Crippen LogP contribution in [0.3, 0.4) is 0 Å². The van der Waals surface area contributed by atoms with E-state index in [4.69, 9.17) is 11.6 Å². The van der Waals surface area contributed by atoms with Crippen LogP contribution < -0.4 is 0 Å². The maximum atomic E-state index is 6.35. The Morgan fingerprint density at radius 3 is 1.97 bits per heavy atom. The first-order valence-electron chi connectivity index (χ1n) is 10.4. The molecule has 0 spiro atoms. The molecule has 1 fully saturated rings. The van der Waals surface area contributed by atoms with Gasteiger partial charge in [-0.1, -0.05) is 90.5 Å². The Kier molecular flexibility index (Phi) is 5.39.